The summed E-state index contributed by atoms with van der Waals surface area (Å²) in [5.41, 5.74) is 0.267. The second-order valence-electron chi connectivity index (χ2n) is 8.54. The van der Waals surface area contributed by atoms with E-state index in [1.807, 2.05) is 0 Å². The highest BCUT2D eigenvalue weighted by Gasteiger charge is 2.26. The number of hydrogen-bond donors (Lipinski definition) is 3. The second kappa shape index (κ2) is 12.6. The molecule has 1 aromatic rings. The molecule has 0 aromatic heterocycles. The Morgan fingerprint density at radius 2 is 1.94 bits per heavy atom. The first-order valence-electron chi connectivity index (χ1n) is 11.7. The fourth-order valence-corrected chi connectivity index (χ4v) is 3.87. The molecule has 2 aliphatic rings. The van der Waals surface area contributed by atoms with Gasteiger partial charge in [-0.25, -0.2) is 4.79 Å². The quantitative estimate of drug-likeness (QED) is 0.420. The molecule has 3 rings (SSSR count). The summed E-state index contributed by atoms with van der Waals surface area (Å²) in [7, 11) is 0. The molecule has 0 unspecified atom stereocenters. The zero-order valence-corrected chi connectivity index (χ0v) is 19.8. The average molecular weight is 488 g/mol. The molecule has 35 heavy (non-hydrogen) atoms. The molecule has 3 N–H and O–H groups in total. The maximum Gasteiger partial charge on any atom is 0.342 e. The van der Waals surface area contributed by atoms with Crippen LogP contribution in [0.4, 0.5) is 0 Å². The number of phenols is 1. The molecule has 0 saturated carbocycles. The van der Waals surface area contributed by atoms with Gasteiger partial charge in [0.1, 0.15) is 35.9 Å². The number of carbonyl (C=O) groups is 2. The predicted octanol–water partition coefficient (Wildman–Crippen LogP) is 1.71. The molecule has 2 aliphatic heterocycles. The lowest BCUT2D eigenvalue weighted by molar-refractivity contribution is -0.127. The van der Waals surface area contributed by atoms with E-state index in [9.17, 15) is 24.9 Å². The number of rotatable bonds is 5. The summed E-state index contributed by atoms with van der Waals surface area (Å²) in [5.74, 6) is -1.89. The number of phenolic OH excluding ortho intramolecular Hbond substituents is 1. The highest BCUT2D eigenvalue weighted by Crippen LogP contribution is 2.31. The van der Waals surface area contributed by atoms with Crippen LogP contribution in [-0.4, -0.2) is 89.7 Å². The van der Waals surface area contributed by atoms with Gasteiger partial charge in [-0.1, -0.05) is 24.3 Å². The minimum atomic E-state index is -1.61. The zero-order chi connectivity index (χ0) is 25.4. The van der Waals surface area contributed by atoms with Gasteiger partial charge in [0, 0.05) is 31.6 Å². The number of morpholine rings is 1. The lowest BCUT2D eigenvalue weighted by atomic mass is 9.98. The molecule has 190 valence electrons. The summed E-state index contributed by atoms with van der Waals surface area (Å²) in [6.07, 6.45) is 3.41. The summed E-state index contributed by atoms with van der Waals surface area (Å²) in [5, 5.41) is 31.1. The first-order chi connectivity index (χ1) is 16.8. The third-order valence-corrected chi connectivity index (χ3v) is 6.03. The number of ether oxygens (including phenoxy) is 3. The minimum absolute atomic E-state index is 0.0522. The van der Waals surface area contributed by atoms with E-state index >= 15 is 0 Å². The maximum absolute atomic E-state index is 13.0. The van der Waals surface area contributed by atoms with Crippen LogP contribution < -0.4 is 4.74 Å². The molecule has 4 atom stereocenters. The second-order valence-corrected chi connectivity index (χ2v) is 8.54. The van der Waals surface area contributed by atoms with Crippen LogP contribution in [0.15, 0.2) is 43.0 Å². The first kappa shape index (κ1) is 26.6. The van der Waals surface area contributed by atoms with Gasteiger partial charge in [0.25, 0.3) is 0 Å². The van der Waals surface area contributed by atoms with Crippen molar-refractivity contribution in [3.05, 3.63) is 54.1 Å². The number of cyclic esters (lactones) is 1. The Hall–Kier alpha value is -2.98. The van der Waals surface area contributed by atoms with Crippen molar-refractivity contribution in [1.82, 2.24) is 4.90 Å². The number of esters is 1. The molecule has 0 spiro atoms. The molecular formula is C26H33NO8. The lowest BCUT2D eigenvalue weighted by Gasteiger charge is -2.26. The molecule has 1 aromatic carbocycles. The number of ketones is 1. The van der Waals surface area contributed by atoms with Crippen LogP contribution in [0.1, 0.15) is 29.3 Å². The van der Waals surface area contributed by atoms with Crippen molar-refractivity contribution >= 4 is 17.8 Å². The number of aliphatic hydroxyl groups is 2. The van der Waals surface area contributed by atoms with Gasteiger partial charge in [-0.3, -0.25) is 9.69 Å². The van der Waals surface area contributed by atoms with Gasteiger partial charge in [0.2, 0.25) is 0 Å². The number of aromatic hydroxyl groups is 1. The van der Waals surface area contributed by atoms with Gasteiger partial charge < -0.3 is 29.5 Å². The highest BCUT2D eigenvalue weighted by molar-refractivity contribution is 5.97. The molecule has 0 aliphatic carbocycles. The number of hydrogen-bond acceptors (Lipinski definition) is 9. The van der Waals surface area contributed by atoms with E-state index < -0.39 is 36.0 Å². The molecule has 1 fully saturated rings. The highest BCUT2D eigenvalue weighted by atomic mass is 16.5. The van der Waals surface area contributed by atoms with Crippen LogP contribution in [-0.2, 0) is 14.3 Å². The fraction of sp³-hybridized carbons (Fsp3) is 0.462. The topological polar surface area (TPSA) is 126 Å². The van der Waals surface area contributed by atoms with Gasteiger partial charge >= 0.3 is 5.97 Å². The van der Waals surface area contributed by atoms with Crippen molar-refractivity contribution in [2.45, 2.75) is 31.7 Å². The van der Waals surface area contributed by atoms with Crippen molar-refractivity contribution < 1.29 is 39.1 Å². The Morgan fingerprint density at radius 3 is 2.66 bits per heavy atom. The fourth-order valence-electron chi connectivity index (χ4n) is 3.87. The van der Waals surface area contributed by atoms with E-state index in [-0.39, 0.29) is 17.7 Å². The third kappa shape index (κ3) is 7.25. The third-order valence-electron chi connectivity index (χ3n) is 6.03. The molecule has 2 heterocycles. The Labute approximate surface area is 204 Å². The van der Waals surface area contributed by atoms with E-state index in [1.165, 1.54) is 30.4 Å². The van der Waals surface area contributed by atoms with Crippen molar-refractivity contribution in [3.8, 4) is 11.5 Å². The zero-order valence-electron chi connectivity index (χ0n) is 19.8. The predicted molar refractivity (Wildman–Crippen MR) is 129 cm³/mol. The van der Waals surface area contributed by atoms with Crippen molar-refractivity contribution in [2.24, 2.45) is 5.92 Å². The van der Waals surface area contributed by atoms with Crippen LogP contribution in [0.2, 0.25) is 0 Å². The van der Waals surface area contributed by atoms with Gasteiger partial charge in [-0.05, 0) is 31.1 Å². The van der Waals surface area contributed by atoms with Gasteiger partial charge in [-0.15, -0.1) is 6.58 Å². The van der Waals surface area contributed by atoms with E-state index in [2.05, 4.69) is 11.5 Å². The maximum atomic E-state index is 13.0. The summed E-state index contributed by atoms with van der Waals surface area (Å²) in [4.78, 5) is 27.4. The average Bonchev–Trinajstić information content (AvgIpc) is 2.83. The van der Waals surface area contributed by atoms with Crippen LogP contribution in [0.25, 0.3) is 6.08 Å². The van der Waals surface area contributed by atoms with E-state index in [4.69, 9.17) is 14.2 Å². The lowest BCUT2D eigenvalue weighted by Crippen LogP contribution is -2.38. The van der Waals surface area contributed by atoms with E-state index in [1.54, 1.807) is 13.0 Å². The molecule has 9 nitrogen and oxygen atoms in total. The van der Waals surface area contributed by atoms with Crippen LogP contribution in [0.3, 0.4) is 0 Å². The monoisotopic (exact) mass is 487 g/mol. The molecule has 0 radical (unpaired) electrons. The van der Waals surface area contributed by atoms with E-state index in [0.717, 1.165) is 19.2 Å². The van der Waals surface area contributed by atoms with Crippen molar-refractivity contribution in [3.63, 3.8) is 0 Å². The Bertz CT molecular complexity index is 966. The Balaban J connectivity index is 1.86. The number of benzene rings is 1. The van der Waals surface area contributed by atoms with Crippen LogP contribution in [0, 0.1) is 5.92 Å². The smallest absolute Gasteiger partial charge is 0.342 e. The molecular weight excluding hydrogens is 454 g/mol. The molecule has 9 heteroatoms. The van der Waals surface area contributed by atoms with Gasteiger partial charge in [0.05, 0.1) is 19.3 Å². The summed E-state index contributed by atoms with van der Waals surface area (Å²) in [6, 6.07) is 2.96. The van der Waals surface area contributed by atoms with E-state index in [0.29, 0.717) is 37.7 Å². The normalized spacial score (nSPS) is 28.3. The number of nitrogens with zero attached hydrogens (tertiary/aromatic N) is 1. The summed E-state index contributed by atoms with van der Waals surface area (Å²) in [6.45, 7) is 9.40. The standard InChI is InChI=1S/C26H33NO8/c1-3-18-7-8-22(29)25(31)21(28)6-4-5-19-15-20(34-14-11-27-9-12-33-13-10-27)16-23(30)24(19)26(32)35-17(18)2/h3-5,7-8,15-18,21,25,28,30-31H,1,6,9-14H2,2H3/b5-4+,8-7-/t17-,18+,21-,25-/m0/s1. The number of aliphatic hydroxyl groups excluding tert-OH is 2. The van der Waals surface area contributed by atoms with Crippen LogP contribution in [0.5, 0.6) is 11.5 Å². The summed E-state index contributed by atoms with van der Waals surface area (Å²) < 4.78 is 16.7. The van der Waals surface area contributed by atoms with Crippen LogP contribution >= 0.6 is 0 Å². The Kier molecular flexibility index (Phi) is 9.62. The summed E-state index contributed by atoms with van der Waals surface area (Å²) >= 11 is 0. The SMILES string of the molecule is C=C[C@@H]1/C=C\C(=O)[C@@H](O)[C@@H](O)C/C=C/c2cc(OCCN3CCOCC3)cc(O)c2C(=O)O[C@H]1C. The molecule has 1 saturated heterocycles. The van der Waals surface area contributed by atoms with Gasteiger partial charge in [0.15, 0.2) is 5.78 Å². The molecule has 0 amide bonds. The van der Waals surface area contributed by atoms with Crippen molar-refractivity contribution in [2.75, 3.05) is 39.5 Å². The van der Waals surface area contributed by atoms with Crippen molar-refractivity contribution in [1.29, 1.82) is 0 Å². The first-order valence-corrected chi connectivity index (χ1v) is 11.7. The Morgan fingerprint density at radius 1 is 1.20 bits per heavy atom. The molecule has 0 bridgehead atoms. The number of fused-ring (bicyclic) bond motifs is 1. The minimum Gasteiger partial charge on any atom is -0.507 e. The number of carbonyl (C=O) groups excluding carboxylic acids is 2. The van der Waals surface area contributed by atoms with Gasteiger partial charge in [-0.2, -0.15) is 0 Å². The largest absolute Gasteiger partial charge is 0.507 e.